The molecule has 2 aromatic heterocycles. The molecule has 0 spiro atoms. The maximum Gasteiger partial charge on any atom is 0.373 e. The number of hydrogen-bond acceptors (Lipinski definition) is 8. The van der Waals surface area contributed by atoms with Crippen molar-refractivity contribution in [1.29, 1.82) is 0 Å². The van der Waals surface area contributed by atoms with Crippen molar-refractivity contribution < 1.29 is 14.4 Å². The van der Waals surface area contributed by atoms with Crippen molar-refractivity contribution in [2.75, 3.05) is 12.4 Å². The minimum Gasteiger partial charge on any atom is -0.497 e. The SMILES string of the molecule is COc1ccc(CNc2ncnc(Oc3cccnc3)c2[N+](=O)[O-])cc1. The number of hydrogen-bond donors (Lipinski definition) is 1. The molecule has 3 aromatic rings. The minimum absolute atomic E-state index is 0.0692. The summed E-state index contributed by atoms with van der Waals surface area (Å²) in [6.07, 6.45) is 4.22. The van der Waals surface area contributed by atoms with Gasteiger partial charge in [0.2, 0.25) is 5.82 Å². The standard InChI is InChI=1S/C17H15N5O4/c1-25-13-6-4-12(5-7-13)9-19-16-15(22(23)24)17(21-11-20-16)26-14-3-2-8-18-10-14/h2-8,10-11H,9H2,1H3,(H,19,20,21). The number of anilines is 1. The Balaban J connectivity index is 1.82. The predicted octanol–water partition coefficient (Wildman–Crippen LogP) is 3.19. The zero-order valence-corrected chi connectivity index (χ0v) is 13.8. The molecule has 0 radical (unpaired) electrons. The van der Waals surface area contributed by atoms with Gasteiger partial charge < -0.3 is 14.8 Å². The van der Waals surface area contributed by atoms with Crippen LogP contribution in [0.2, 0.25) is 0 Å². The number of nitrogens with zero attached hydrogens (tertiary/aromatic N) is 4. The highest BCUT2D eigenvalue weighted by atomic mass is 16.6. The fourth-order valence-corrected chi connectivity index (χ4v) is 2.18. The van der Waals surface area contributed by atoms with Crippen LogP contribution >= 0.6 is 0 Å². The van der Waals surface area contributed by atoms with Crippen molar-refractivity contribution in [2.24, 2.45) is 0 Å². The summed E-state index contributed by atoms with van der Waals surface area (Å²) >= 11 is 0. The van der Waals surface area contributed by atoms with Crippen LogP contribution in [0, 0.1) is 10.1 Å². The smallest absolute Gasteiger partial charge is 0.373 e. The third-order valence-corrected chi connectivity index (χ3v) is 3.44. The molecule has 0 saturated carbocycles. The lowest BCUT2D eigenvalue weighted by Crippen LogP contribution is -2.07. The van der Waals surface area contributed by atoms with E-state index in [4.69, 9.17) is 9.47 Å². The Hall–Kier alpha value is -3.75. The van der Waals surface area contributed by atoms with Gasteiger partial charge in [-0.1, -0.05) is 12.1 Å². The summed E-state index contributed by atoms with van der Waals surface area (Å²) < 4.78 is 10.6. The largest absolute Gasteiger partial charge is 0.497 e. The second kappa shape index (κ2) is 7.88. The highest BCUT2D eigenvalue weighted by molar-refractivity contribution is 5.61. The van der Waals surface area contributed by atoms with E-state index in [0.717, 1.165) is 11.3 Å². The van der Waals surface area contributed by atoms with E-state index < -0.39 is 4.92 Å². The van der Waals surface area contributed by atoms with Gasteiger partial charge in [0, 0.05) is 12.7 Å². The van der Waals surface area contributed by atoms with Gasteiger partial charge in [0.1, 0.15) is 17.8 Å². The van der Waals surface area contributed by atoms with Crippen molar-refractivity contribution in [3.05, 3.63) is 70.8 Å². The number of benzene rings is 1. The van der Waals surface area contributed by atoms with E-state index in [9.17, 15) is 10.1 Å². The maximum atomic E-state index is 11.5. The number of ether oxygens (including phenoxy) is 2. The molecule has 9 nitrogen and oxygen atoms in total. The molecule has 0 aliphatic rings. The van der Waals surface area contributed by atoms with Crippen molar-refractivity contribution in [3.63, 3.8) is 0 Å². The van der Waals surface area contributed by atoms with Crippen LogP contribution < -0.4 is 14.8 Å². The molecule has 1 aromatic carbocycles. The van der Waals surface area contributed by atoms with Gasteiger partial charge in [-0.3, -0.25) is 15.1 Å². The van der Waals surface area contributed by atoms with E-state index in [0.29, 0.717) is 12.3 Å². The minimum atomic E-state index is -0.581. The van der Waals surface area contributed by atoms with Crippen LogP contribution in [0.1, 0.15) is 5.56 Å². The number of rotatable bonds is 7. The third kappa shape index (κ3) is 4.01. The predicted molar refractivity (Wildman–Crippen MR) is 93.3 cm³/mol. The summed E-state index contributed by atoms with van der Waals surface area (Å²) in [5, 5.41) is 14.4. The van der Waals surface area contributed by atoms with E-state index in [1.807, 2.05) is 24.3 Å². The summed E-state index contributed by atoms with van der Waals surface area (Å²) in [5.41, 5.74) is 0.568. The fraction of sp³-hybridized carbons (Fsp3) is 0.118. The quantitative estimate of drug-likeness (QED) is 0.509. The van der Waals surface area contributed by atoms with Crippen LogP contribution in [0.25, 0.3) is 0 Å². The van der Waals surface area contributed by atoms with Gasteiger partial charge in [0.15, 0.2) is 0 Å². The molecule has 0 atom stereocenters. The monoisotopic (exact) mass is 353 g/mol. The molecule has 0 saturated heterocycles. The normalized spacial score (nSPS) is 10.2. The Morgan fingerprint density at radius 2 is 1.96 bits per heavy atom. The van der Waals surface area contributed by atoms with Crippen LogP contribution in [0.5, 0.6) is 17.4 Å². The summed E-state index contributed by atoms with van der Waals surface area (Å²) in [4.78, 5) is 22.7. The molecule has 132 valence electrons. The molecule has 3 rings (SSSR count). The third-order valence-electron chi connectivity index (χ3n) is 3.44. The van der Waals surface area contributed by atoms with Gasteiger partial charge in [-0.15, -0.1) is 0 Å². The van der Waals surface area contributed by atoms with E-state index >= 15 is 0 Å². The van der Waals surface area contributed by atoms with Gasteiger partial charge in [-0.2, -0.15) is 4.98 Å². The van der Waals surface area contributed by atoms with E-state index in [1.165, 1.54) is 12.5 Å². The second-order valence-electron chi connectivity index (χ2n) is 5.13. The van der Waals surface area contributed by atoms with Crippen molar-refractivity contribution in [2.45, 2.75) is 6.54 Å². The van der Waals surface area contributed by atoms with E-state index in [1.54, 1.807) is 25.4 Å². The molecule has 2 heterocycles. The Bertz CT molecular complexity index is 887. The first-order valence-electron chi connectivity index (χ1n) is 7.61. The number of nitro groups is 1. The maximum absolute atomic E-state index is 11.5. The number of aromatic nitrogens is 3. The first-order valence-corrected chi connectivity index (χ1v) is 7.61. The molecular weight excluding hydrogens is 338 g/mol. The van der Waals surface area contributed by atoms with Crippen molar-refractivity contribution >= 4 is 11.5 Å². The molecule has 0 bridgehead atoms. The Kier molecular flexibility index (Phi) is 5.18. The first kappa shape index (κ1) is 17.1. The fourth-order valence-electron chi connectivity index (χ4n) is 2.18. The van der Waals surface area contributed by atoms with Crippen molar-refractivity contribution in [3.8, 4) is 17.4 Å². The zero-order valence-electron chi connectivity index (χ0n) is 13.8. The van der Waals surface area contributed by atoms with Crippen LogP contribution in [0.4, 0.5) is 11.5 Å². The Morgan fingerprint density at radius 3 is 2.62 bits per heavy atom. The summed E-state index contributed by atoms with van der Waals surface area (Å²) in [5.74, 6) is 0.985. The summed E-state index contributed by atoms with van der Waals surface area (Å²) in [6.45, 7) is 0.341. The molecule has 1 N–H and O–H groups in total. The molecule has 9 heteroatoms. The molecule has 0 unspecified atom stereocenters. The summed E-state index contributed by atoms with van der Waals surface area (Å²) in [7, 11) is 1.58. The van der Waals surface area contributed by atoms with E-state index in [-0.39, 0.29) is 17.4 Å². The van der Waals surface area contributed by atoms with Gasteiger partial charge in [-0.05, 0) is 29.8 Å². The van der Waals surface area contributed by atoms with Gasteiger partial charge in [0.05, 0.1) is 18.2 Å². The van der Waals surface area contributed by atoms with Gasteiger partial charge in [-0.25, -0.2) is 4.98 Å². The van der Waals surface area contributed by atoms with Crippen LogP contribution in [0.3, 0.4) is 0 Å². The lowest BCUT2D eigenvalue weighted by atomic mass is 10.2. The molecule has 26 heavy (non-hydrogen) atoms. The van der Waals surface area contributed by atoms with Crippen molar-refractivity contribution in [1.82, 2.24) is 15.0 Å². The number of nitrogens with one attached hydrogen (secondary N) is 1. The molecular formula is C17H15N5O4. The molecule has 0 fully saturated rings. The summed E-state index contributed by atoms with van der Waals surface area (Å²) in [6, 6.07) is 10.6. The van der Waals surface area contributed by atoms with E-state index in [2.05, 4.69) is 20.3 Å². The molecule has 0 amide bonds. The second-order valence-corrected chi connectivity index (χ2v) is 5.13. The number of methoxy groups -OCH3 is 1. The average Bonchev–Trinajstić information content (AvgIpc) is 2.67. The Labute approximate surface area is 148 Å². The van der Waals surface area contributed by atoms with Gasteiger partial charge in [0.25, 0.3) is 0 Å². The lowest BCUT2D eigenvalue weighted by molar-refractivity contribution is -0.385. The zero-order chi connectivity index (χ0) is 18.4. The average molecular weight is 353 g/mol. The number of pyridine rings is 1. The van der Waals surface area contributed by atoms with Crippen LogP contribution in [-0.2, 0) is 6.54 Å². The molecule has 0 aliphatic heterocycles. The van der Waals surface area contributed by atoms with Crippen LogP contribution in [-0.4, -0.2) is 27.0 Å². The topological polar surface area (TPSA) is 112 Å². The van der Waals surface area contributed by atoms with Crippen LogP contribution in [0.15, 0.2) is 55.1 Å². The Morgan fingerprint density at radius 1 is 1.15 bits per heavy atom. The molecule has 0 aliphatic carbocycles. The first-order chi connectivity index (χ1) is 12.7. The van der Waals surface area contributed by atoms with Gasteiger partial charge >= 0.3 is 11.6 Å². The highest BCUT2D eigenvalue weighted by Crippen LogP contribution is 2.33. The highest BCUT2D eigenvalue weighted by Gasteiger charge is 2.25. The lowest BCUT2D eigenvalue weighted by Gasteiger charge is -2.09.